The number of hydrogen-bond acceptors (Lipinski definition) is 6. The molecule has 7 nitrogen and oxygen atoms in total. The summed E-state index contributed by atoms with van der Waals surface area (Å²) in [5.41, 5.74) is 0.866. The highest BCUT2D eigenvalue weighted by Crippen LogP contribution is 2.57. The second-order valence-electron chi connectivity index (χ2n) is 3.80. The van der Waals surface area contributed by atoms with Crippen LogP contribution in [0.25, 0.3) is 0 Å². The molecule has 0 radical (unpaired) electrons. The molecule has 2 N–H and O–H groups in total. The lowest BCUT2D eigenvalue weighted by molar-refractivity contribution is -0.672. The Balaban J connectivity index is 0. The molecule has 0 amide bonds. The second-order valence-corrected chi connectivity index (χ2v) is 8.47. The Bertz CT molecular complexity index is 537. The summed E-state index contributed by atoms with van der Waals surface area (Å²) in [7, 11) is 0.326. The summed E-state index contributed by atoms with van der Waals surface area (Å²) >= 11 is 15.8. The standard InChI is InChI=1S/C7H8N2O.C4H8Cl3O4P.HI/c1-9-5-3-2-4-7(9)6-8-10;1-10-12(9,11-2)3(8)4(5,6)7;/h2-6H,1H3;3,8H,1-2H3;1H. The van der Waals surface area contributed by atoms with Crippen molar-refractivity contribution in [3.8, 4) is 0 Å². The predicted molar refractivity (Wildman–Crippen MR) is 84.9 cm³/mol. The van der Waals surface area contributed by atoms with E-state index in [2.05, 4.69) is 14.2 Å². The third-order valence-corrected chi connectivity index (χ3v) is 5.47. The van der Waals surface area contributed by atoms with Gasteiger partial charge in [0.1, 0.15) is 13.3 Å². The molecule has 1 aromatic heterocycles. The van der Waals surface area contributed by atoms with Crippen molar-refractivity contribution in [2.24, 2.45) is 12.2 Å². The fourth-order valence-corrected chi connectivity index (χ4v) is 3.17. The van der Waals surface area contributed by atoms with Crippen molar-refractivity contribution in [2.45, 2.75) is 9.64 Å². The first-order chi connectivity index (χ1) is 10.1. The third-order valence-electron chi connectivity index (χ3n) is 2.39. The van der Waals surface area contributed by atoms with Crippen LogP contribution in [0.1, 0.15) is 5.69 Å². The Morgan fingerprint density at radius 2 is 1.87 bits per heavy atom. The van der Waals surface area contributed by atoms with E-state index in [0.29, 0.717) is 0 Å². The van der Waals surface area contributed by atoms with Crippen LogP contribution in [0.2, 0.25) is 0 Å². The molecule has 0 saturated carbocycles. The van der Waals surface area contributed by atoms with E-state index < -0.39 is 17.2 Å². The average Bonchev–Trinajstić information content (AvgIpc) is 2.48. The van der Waals surface area contributed by atoms with Crippen LogP contribution in [0, 0.1) is 0 Å². The summed E-state index contributed by atoms with van der Waals surface area (Å²) in [6.45, 7) is 0. The number of halogens is 4. The molecule has 0 aliphatic rings. The Labute approximate surface area is 166 Å². The number of oxime groups is 1. The SMILES string of the molecule is COP(=O)(OC)C(O)C(Cl)(Cl)Cl.C[n+]1ccccc1/C=N\O.[I-]. The van der Waals surface area contributed by atoms with E-state index in [1.807, 2.05) is 36.0 Å². The maximum Gasteiger partial charge on any atom is 0.362 e. The highest BCUT2D eigenvalue weighted by Gasteiger charge is 2.46. The van der Waals surface area contributed by atoms with Gasteiger partial charge in [0.05, 0.1) is 0 Å². The van der Waals surface area contributed by atoms with Crippen LogP contribution in [-0.4, -0.2) is 40.4 Å². The number of aromatic nitrogens is 1. The molecule has 0 saturated heterocycles. The highest BCUT2D eigenvalue weighted by molar-refractivity contribution is 7.54. The summed E-state index contributed by atoms with van der Waals surface area (Å²) in [6.07, 6.45) is 3.27. The molecular formula is C11H17Cl3IN2O5P. The molecule has 0 fully saturated rings. The van der Waals surface area contributed by atoms with Crippen molar-refractivity contribution >= 4 is 48.6 Å². The largest absolute Gasteiger partial charge is 1.00 e. The number of aryl methyl sites for hydroxylation is 1. The Morgan fingerprint density at radius 1 is 1.35 bits per heavy atom. The fourth-order valence-electron chi connectivity index (χ4n) is 1.18. The van der Waals surface area contributed by atoms with E-state index in [0.717, 1.165) is 19.9 Å². The van der Waals surface area contributed by atoms with Crippen molar-refractivity contribution < 1.29 is 52.5 Å². The van der Waals surface area contributed by atoms with Crippen molar-refractivity contribution in [2.75, 3.05) is 14.2 Å². The molecule has 0 bridgehead atoms. The van der Waals surface area contributed by atoms with E-state index >= 15 is 0 Å². The van der Waals surface area contributed by atoms with Gasteiger partial charge in [-0.3, -0.25) is 4.57 Å². The van der Waals surface area contributed by atoms with Gasteiger partial charge in [-0.15, -0.1) is 0 Å². The van der Waals surface area contributed by atoms with Crippen LogP contribution in [0.5, 0.6) is 0 Å². The lowest BCUT2D eigenvalue weighted by atomic mass is 10.4. The van der Waals surface area contributed by atoms with Gasteiger partial charge in [-0.2, -0.15) is 0 Å². The molecule has 0 aliphatic carbocycles. The van der Waals surface area contributed by atoms with Crippen LogP contribution in [-0.2, 0) is 20.7 Å². The smallest absolute Gasteiger partial charge is 0.362 e. The minimum Gasteiger partial charge on any atom is -1.00 e. The molecule has 23 heavy (non-hydrogen) atoms. The van der Waals surface area contributed by atoms with Crippen molar-refractivity contribution in [3.63, 3.8) is 0 Å². The summed E-state index contributed by atoms with van der Waals surface area (Å²) in [5.74, 6) is -1.80. The van der Waals surface area contributed by atoms with Gasteiger partial charge in [-0.05, 0) is 6.07 Å². The van der Waals surface area contributed by atoms with Gasteiger partial charge in [0, 0.05) is 26.4 Å². The number of rotatable bonds is 4. The number of pyridine rings is 1. The first-order valence-corrected chi connectivity index (χ1v) is 8.45. The van der Waals surface area contributed by atoms with Gasteiger partial charge in [-0.25, -0.2) is 4.57 Å². The molecule has 1 aromatic rings. The third kappa shape index (κ3) is 8.83. The van der Waals surface area contributed by atoms with Crippen LogP contribution >= 0.6 is 42.4 Å². The second kappa shape index (κ2) is 11.8. The molecule has 0 spiro atoms. The average molecular weight is 522 g/mol. The number of aliphatic hydroxyl groups is 1. The van der Waals surface area contributed by atoms with E-state index in [1.54, 1.807) is 0 Å². The van der Waals surface area contributed by atoms with Crippen molar-refractivity contribution in [1.29, 1.82) is 0 Å². The molecule has 1 rings (SSSR count). The zero-order valence-corrected chi connectivity index (χ0v) is 17.8. The Morgan fingerprint density at radius 3 is 2.17 bits per heavy atom. The van der Waals surface area contributed by atoms with Gasteiger partial charge >= 0.3 is 7.60 Å². The molecular weight excluding hydrogens is 504 g/mol. The van der Waals surface area contributed by atoms with Gasteiger partial charge in [0.15, 0.2) is 6.20 Å². The van der Waals surface area contributed by atoms with Gasteiger partial charge < -0.3 is 43.3 Å². The molecule has 1 atom stereocenters. The molecule has 134 valence electrons. The fraction of sp³-hybridized carbons (Fsp3) is 0.455. The zero-order valence-electron chi connectivity index (χ0n) is 12.4. The molecule has 0 aromatic carbocycles. The topological polar surface area (TPSA) is 92.2 Å². The van der Waals surface area contributed by atoms with E-state index in [1.165, 1.54) is 6.21 Å². The summed E-state index contributed by atoms with van der Waals surface area (Å²) in [4.78, 5) is 0. The predicted octanol–water partition coefficient (Wildman–Crippen LogP) is -0.516. The Hall–Kier alpha value is 0.330. The quantitative estimate of drug-likeness (QED) is 0.106. The maximum absolute atomic E-state index is 11.3. The monoisotopic (exact) mass is 520 g/mol. The van der Waals surface area contributed by atoms with Crippen LogP contribution in [0.3, 0.4) is 0 Å². The van der Waals surface area contributed by atoms with Crippen LogP contribution < -0.4 is 28.5 Å². The number of alkyl halides is 3. The molecule has 1 heterocycles. The first-order valence-electron chi connectivity index (χ1n) is 5.70. The minimum atomic E-state index is -3.73. The lowest BCUT2D eigenvalue weighted by Gasteiger charge is -2.24. The number of aliphatic hydroxyl groups excluding tert-OH is 1. The summed E-state index contributed by atoms with van der Waals surface area (Å²) in [5, 5.41) is 20.3. The molecule has 12 heteroatoms. The summed E-state index contributed by atoms with van der Waals surface area (Å²) in [6, 6.07) is 5.66. The van der Waals surface area contributed by atoms with E-state index in [4.69, 9.17) is 40.0 Å². The highest BCUT2D eigenvalue weighted by atomic mass is 127. The van der Waals surface area contributed by atoms with Crippen molar-refractivity contribution in [3.05, 3.63) is 30.1 Å². The van der Waals surface area contributed by atoms with Gasteiger partial charge in [0.25, 0.3) is 0 Å². The normalized spacial score (nSPS) is 13.0. The zero-order chi connectivity index (χ0) is 17.4. The summed E-state index contributed by atoms with van der Waals surface area (Å²) < 4.78 is 19.9. The van der Waals surface area contributed by atoms with E-state index in [9.17, 15) is 9.67 Å². The van der Waals surface area contributed by atoms with Gasteiger partial charge in [-0.1, -0.05) is 40.0 Å². The molecule has 0 aliphatic heterocycles. The van der Waals surface area contributed by atoms with Gasteiger partial charge in [0.2, 0.25) is 15.3 Å². The minimum absolute atomic E-state index is 0. The van der Waals surface area contributed by atoms with Crippen LogP contribution in [0.15, 0.2) is 29.6 Å². The van der Waals surface area contributed by atoms with Crippen LogP contribution in [0.4, 0.5) is 0 Å². The lowest BCUT2D eigenvalue weighted by Crippen LogP contribution is -3.00. The number of hydrogen-bond donors (Lipinski definition) is 2. The Kier molecular flexibility index (Phi) is 13.1. The number of nitrogens with zero attached hydrogens (tertiary/aromatic N) is 2. The molecule has 1 unspecified atom stereocenters. The van der Waals surface area contributed by atoms with E-state index in [-0.39, 0.29) is 24.0 Å². The van der Waals surface area contributed by atoms with Crippen molar-refractivity contribution in [1.82, 2.24) is 0 Å². The maximum atomic E-state index is 11.3. The first kappa shape index (κ1) is 25.6.